The Morgan fingerprint density at radius 1 is 1.33 bits per heavy atom. The van der Waals surface area contributed by atoms with Crippen LogP contribution in [0.3, 0.4) is 0 Å². The van der Waals surface area contributed by atoms with Crippen LogP contribution in [0.2, 0.25) is 0 Å². The van der Waals surface area contributed by atoms with Crippen LogP contribution in [0.1, 0.15) is 35.5 Å². The summed E-state index contributed by atoms with van der Waals surface area (Å²) < 4.78 is 0. The number of nitrogens with one attached hydrogen (secondary N) is 1. The Labute approximate surface area is 60.3 Å². The summed E-state index contributed by atoms with van der Waals surface area (Å²) in [6.45, 7) is 10.0. The van der Waals surface area contributed by atoms with Gasteiger partial charge < -0.3 is 5.32 Å². The van der Waals surface area contributed by atoms with Gasteiger partial charge in [-0.1, -0.05) is 34.1 Å². The molecule has 1 unspecified atom stereocenters. The highest BCUT2D eigenvalue weighted by Gasteiger charge is 1.97. The lowest BCUT2D eigenvalue weighted by Crippen LogP contribution is -2.27. The average Bonchev–Trinajstić information content (AvgIpc) is 1.83. The number of hydrogen-bond acceptors (Lipinski definition) is 1. The van der Waals surface area contributed by atoms with E-state index in [0.29, 0.717) is 6.04 Å². The molecular weight excluding hydrogens is 110 g/mol. The van der Waals surface area contributed by atoms with E-state index in [1.165, 1.54) is 6.42 Å². The standard InChI is InChI=1S/C8H19N.H2/c1-5-8(4)6-9-7(2)3;/h7-9H,5-6H2,1-4H3;1H. The Morgan fingerprint density at radius 2 is 1.89 bits per heavy atom. The summed E-state index contributed by atoms with van der Waals surface area (Å²) in [5, 5.41) is 3.40. The lowest BCUT2D eigenvalue weighted by molar-refractivity contribution is 0.468. The van der Waals surface area contributed by atoms with Crippen LogP contribution in [0.5, 0.6) is 0 Å². The summed E-state index contributed by atoms with van der Waals surface area (Å²) in [6, 6.07) is 0.638. The van der Waals surface area contributed by atoms with Gasteiger partial charge in [-0.3, -0.25) is 0 Å². The molecule has 0 spiro atoms. The smallest absolute Gasteiger partial charge is 0.00104 e. The zero-order chi connectivity index (χ0) is 7.28. The van der Waals surface area contributed by atoms with Crippen molar-refractivity contribution in [1.82, 2.24) is 5.32 Å². The van der Waals surface area contributed by atoms with E-state index in [4.69, 9.17) is 0 Å². The molecule has 0 saturated carbocycles. The van der Waals surface area contributed by atoms with E-state index in [1.54, 1.807) is 0 Å². The largest absolute Gasteiger partial charge is 0.314 e. The molecular formula is C8H21N. The Hall–Kier alpha value is -0.0400. The van der Waals surface area contributed by atoms with Crippen molar-refractivity contribution in [3.8, 4) is 0 Å². The van der Waals surface area contributed by atoms with Crippen molar-refractivity contribution in [1.29, 1.82) is 0 Å². The van der Waals surface area contributed by atoms with Crippen LogP contribution in [0, 0.1) is 5.92 Å². The lowest BCUT2D eigenvalue weighted by Gasteiger charge is -2.11. The SMILES string of the molecule is CCC(C)CNC(C)C.[HH]. The Morgan fingerprint density at radius 3 is 2.22 bits per heavy atom. The molecule has 1 N–H and O–H groups in total. The summed E-state index contributed by atoms with van der Waals surface area (Å²) in [7, 11) is 0. The van der Waals surface area contributed by atoms with Gasteiger partial charge in [-0.05, 0) is 12.5 Å². The minimum Gasteiger partial charge on any atom is -0.314 e. The lowest BCUT2D eigenvalue weighted by atomic mass is 10.1. The molecule has 1 atom stereocenters. The maximum absolute atomic E-state index is 3.40. The summed E-state index contributed by atoms with van der Waals surface area (Å²) in [4.78, 5) is 0. The summed E-state index contributed by atoms with van der Waals surface area (Å²) in [5.74, 6) is 0.826. The average molecular weight is 131 g/mol. The molecule has 0 aliphatic rings. The molecule has 0 saturated heterocycles. The molecule has 0 aliphatic heterocycles. The Bertz CT molecular complexity index is 64.3. The van der Waals surface area contributed by atoms with Crippen molar-refractivity contribution in [3.05, 3.63) is 0 Å². The van der Waals surface area contributed by atoms with E-state index in [1.807, 2.05) is 0 Å². The van der Waals surface area contributed by atoms with Gasteiger partial charge in [-0.2, -0.15) is 0 Å². The van der Waals surface area contributed by atoms with Crippen molar-refractivity contribution in [2.24, 2.45) is 5.92 Å². The van der Waals surface area contributed by atoms with Crippen molar-refractivity contribution < 1.29 is 1.43 Å². The fourth-order valence-electron chi connectivity index (χ4n) is 0.581. The van der Waals surface area contributed by atoms with Crippen LogP contribution in [-0.4, -0.2) is 12.6 Å². The molecule has 58 valence electrons. The molecule has 0 aliphatic carbocycles. The van der Waals surface area contributed by atoms with Crippen LogP contribution < -0.4 is 5.32 Å². The topological polar surface area (TPSA) is 12.0 Å². The van der Waals surface area contributed by atoms with Gasteiger partial charge in [-0.15, -0.1) is 0 Å². The minimum absolute atomic E-state index is 0. The van der Waals surface area contributed by atoms with Crippen molar-refractivity contribution in [3.63, 3.8) is 0 Å². The molecule has 1 nitrogen and oxygen atoms in total. The van der Waals surface area contributed by atoms with Crippen LogP contribution in [0.15, 0.2) is 0 Å². The molecule has 0 radical (unpaired) electrons. The van der Waals surface area contributed by atoms with Gasteiger partial charge >= 0.3 is 0 Å². The first kappa shape index (κ1) is 8.96. The first-order valence-electron chi connectivity index (χ1n) is 3.90. The van der Waals surface area contributed by atoms with Gasteiger partial charge in [0.15, 0.2) is 0 Å². The molecule has 0 fully saturated rings. The summed E-state index contributed by atoms with van der Waals surface area (Å²) in [6.07, 6.45) is 1.28. The molecule has 0 aromatic carbocycles. The van der Waals surface area contributed by atoms with Gasteiger partial charge in [0, 0.05) is 7.47 Å². The van der Waals surface area contributed by atoms with Gasteiger partial charge in [0.25, 0.3) is 0 Å². The Kier molecular flexibility index (Phi) is 4.78. The normalized spacial score (nSPS) is 14.3. The number of rotatable bonds is 4. The van der Waals surface area contributed by atoms with Gasteiger partial charge in [0.1, 0.15) is 0 Å². The third kappa shape index (κ3) is 5.84. The quantitative estimate of drug-likeness (QED) is 0.617. The predicted octanol–water partition coefficient (Wildman–Crippen LogP) is 2.28. The second-order valence-corrected chi connectivity index (χ2v) is 3.08. The summed E-state index contributed by atoms with van der Waals surface area (Å²) in [5.41, 5.74) is 0. The van der Waals surface area contributed by atoms with E-state index >= 15 is 0 Å². The van der Waals surface area contributed by atoms with Crippen LogP contribution in [-0.2, 0) is 0 Å². The molecule has 0 rings (SSSR count). The third-order valence-electron chi connectivity index (χ3n) is 1.57. The number of hydrogen-bond donors (Lipinski definition) is 1. The second-order valence-electron chi connectivity index (χ2n) is 3.08. The minimum atomic E-state index is 0. The Balaban J connectivity index is 0. The van der Waals surface area contributed by atoms with Gasteiger partial charge in [0.05, 0.1) is 0 Å². The zero-order valence-electron chi connectivity index (χ0n) is 7.07. The van der Waals surface area contributed by atoms with Crippen LogP contribution in [0.25, 0.3) is 0 Å². The fourth-order valence-corrected chi connectivity index (χ4v) is 0.581. The molecule has 0 aromatic heterocycles. The van der Waals surface area contributed by atoms with Crippen LogP contribution in [0.4, 0.5) is 0 Å². The van der Waals surface area contributed by atoms with E-state index in [-0.39, 0.29) is 1.43 Å². The van der Waals surface area contributed by atoms with E-state index in [9.17, 15) is 0 Å². The van der Waals surface area contributed by atoms with Gasteiger partial charge in [0.2, 0.25) is 0 Å². The highest BCUT2D eigenvalue weighted by molar-refractivity contribution is 4.57. The van der Waals surface area contributed by atoms with Crippen molar-refractivity contribution in [2.45, 2.75) is 40.2 Å². The third-order valence-corrected chi connectivity index (χ3v) is 1.57. The van der Waals surface area contributed by atoms with Crippen molar-refractivity contribution in [2.75, 3.05) is 6.54 Å². The first-order valence-corrected chi connectivity index (χ1v) is 3.90. The molecule has 0 heterocycles. The summed E-state index contributed by atoms with van der Waals surface area (Å²) >= 11 is 0. The molecule has 0 bridgehead atoms. The fraction of sp³-hybridized carbons (Fsp3) is 1.00. The zero-order valence-corrected chi connectivity index (χ0v) is 7.07. The molecule has 1 heteroatoms. The second kappa shape index (κ2) is 4.80. The highest BCUT2D eigenvalue weighted by atomic mass is 14.9. The highest BCUT2D eigenvalue weighted by Crippen LogP contribution is 1.97. The predicted molar refractivity (Wildman–Crippen MR) is 44.7 cm³/mol. The van der Waals surface area contributed by atoms with E-state index < -0.39 is 0 Å². The van der Waals surface area contributed by atoms with Crippen molar-refractivity contribution >= 4 is 0 Å². The van der Waals surface area contributed by atoms with Gasteiger partial charge in [-0.25, -0.2) is 0 Å². The van der Waals surface area contributed by atoms with E-state index in [2.05, 4.69) is 33.0 Å². The first-order chi connectivity index (χ1) is 4.16. The maximum atomic E-state index is 3.40. The monoisotopic (exact) mass is 131 g/mol. The van der Waals surface area contributed by atoms with Crippen LogP contribution >= 0.6 is 0 Å². The molecule has 0 aromatic rings. The maximum Gasteiger partial charge on any atom is 0.00104 e. The molecule has 0 amide bonds. The van der Waals surface area contributed by atoms with E-state index in [0.717, 1.165) is 12.5 Å². The molecule has 9 heavy (non-hydrogen) atoms.